The standard InChI is InChI=1S/C15H12BrClN2OS/c1-8-5-10(16)13(7-11(8)17)19-14-6-9(20-2)3-4-12(14)18-15(19)21/h3-7H,1-2H3,(H,18,21). The van der Waals surface area contributed by atoms with Crippen LogP contribution in [0.4, 0.5) is 0 Å². The second kappa shape index (κ2) is 5.48. The van der Waals surface area contributed by atoms with E-state index in [0.717, 1.165) is 32.5 Å². The van der Waals surface area contributed by atoms with E-state index in [4.69, 9.17) is 28.6 Å². The van der Waals surface area contributed by atoms with E-state index >= 15 is 0 Å². The molecule has 0 fully saturated rings. The monoisotopic (exact) mass is 382 g/mol. The predicted molar refractivity (Wildman–Crippen MR) is 92.5 cm³/mol. The molecule has 0 bridgehead atoms. The highest BCUT2D eigenvalue weighted by atomic mass is 79.9. The summed E-state index contributed by atoms with van der Waals surface area (Å²) in [5, 5.41) is 0.701. The number of benzene rings is 2. The van der Waals surface area contributed by atoms with E-state index in [-0.39, 0.29) is 0 Å². The van der Waals surface area contributed by atoms with E-state index in [1.807, 2.05) is 41.8 Å². The van der Waals surface area contributed by atoms with Crippen molar-refractivity contribution >= 4 is 50.8 Å². The molecule has 2 aromatic carbocycles. The van der Waals surface area contributed by atoms with Gasteiger partial charge in [-0.05, 0) is 64.9 Å². The van der Waals surface area contributed by atoms with Gasteiger partial charge >= 0.3 is 0 Å². The van der Waals surface area contributed by atoms with Crippen molar-refractivity contribution in [2.75, 3.05) is 7.11 Å². The number of aromatic nitrogens is 2. The van der Waals surface area contributed by atoms with Gasteiger partial charge in [-0.15, -0.1) is 0 Å². The van der Waals surface area contributed by atoms with E-state index in [2.05, 4.69) is 20.9 Å². The minimum absolute atomic E-state index is 0.610. The van der Waals surface area contributed by atoms with Gasteiger partial charge in [0.1, 0.15) is 5.75 Å². The molecule has 0 spiro atoms. The average Bonchev–Trinajstić information content (AvgIpc) is 2.78. The molecule has 0 aliphatic rings. The maximum absolute atomic E-state index is 6.26. The van der Waals surface area contributed by atoms with Gasteiger partial charge in [0, 0.05) is 15.6 Å². The third-order valence-electron chi connectivity index (χ3n) is 3.36. The number of aryl methyl sites for hydroxylation is 1. The van der Waals surface area contributed by atoms with Gasteiger partial charge in [0.25, 0.3) is 0 Å². The Hall–Kier alpha value is -1.30. The average molecular weight is 384 g/mol. The molecule has 1 N–H and O–H groups in total. The molecule has 6 heteroatoms. The highest BCUT2D eigenvalue weighted by molar-refractivity contribution is 9.10. The lowest BCUT2D eigenvalue weighted by Gasteiger charge is -2.10. The Balaban J connectivity index is 2.36. The quantitative estimate of drug-likeness (QED) is 0.599. The lowest BCUT2D eigenvalue weighted by atomic mass is 10.2. The van der Waals surface area contributed by atoms with Crippen molar-refractivity contribution in [1.82, 2.24) is 9.55 Å². The maximum atomic E-state index is 6.26. The van der Waals surface area contributed by atoms with Crippen LogP contribution in [0.1, 0.15) is 5.56 Å². The Morgan fingerprint density at radius 3 is 2.76 bits per heavy atom. The molecule has 3 aromatic rings. The van der Waals surface area contributed by atoms with Gasteiger partial charge < -0.3 is 9.72 Å². The molecule has 0 saturated heterocycles. The summed E-state index contributed by atoms with van der Waals surface area (Å²) in [6.07, 6.45) is 0. The maximum Gasteiger partial charge on any atom is 0.182 e. The molecule has 3 rings (SSSR count). The van der Waals surface area contributed by atoms with E-state index < -0.39 is 0 Å². The molecule has 0 radical (unpaired) electrons. The summed E-state index contributed by atoms with van der Waals surface area (Å²) in [6.45, 7) is 1.97. The van der Waals surface area contributed by atoms with Crippen LogP contribution in [0.2, 0.25) is 5.02 Å². The Labute approximate surface area is 140 Å². The number of methoxy groups -OCH3 is 1. The van der Waals surface area contributed by atoms with Gasteiger partial charge in [0.2, 0.25) is 0 Å². The molecule has 1 aromatic heterocycles. The number of nitrogens with zero attached hydrogens (tertiary/aromatic N) is 1. The number of hydrogen-bond acceptors (Lipinski definition) is 2. The molecule has 0 aliphatic carbocycles. The number of H-pyrrole nitrogens is 1. The molecule has 108 valence electrons. The van der Waals surface area contributed by atoms with Crippen LogP contribution in [0.25, 0.3) is 16.7 Å². The first-order valence-electron chi connectivity index (χ1n) is 6.26. The molecule has 21 heavy (non-hydrogen) atoms. The topological polar surface area (TPSA) is 29.9 Å². The summed E-state index contributed by atoms with van der Waals surface area (Å²) >= 11 is 15.3. The number of hydrogen-bond donors (Lipinski definition) is 1. The van der Waals surface area contributed by atoms with Crippen LogP contribution in [0.3, 0.4) is 0 Å². The second-order valence-electron chi connectivity index (χ2n) is 4.70. The first-order valence-corrected chi connectivity index (χ1v) is 7.84. The van der Waals surface area contributed by atoms with E-state index in [9.17, 15) is 0 Å². The zero-order chi connectivity index (χ0) is 15.1. The minimum atomic E-state index is 0.610. The summed E-state index contributed by atoms with van der Waals surface area (Å²) in [5.74, 6) is 0.777. The molecular formula is C15H12BrClN2OS. The van der Waals surface area contributed by atoms with Crippen molar-refractivity contribution in [3.63, 3.8) is 0 Å². The third-order valence-corrected chi connectivity index (χ3v) is 4.69. The van der Waals surface area contributed by atoms with Crippen molar-refractivity contribution in [2.24, 2.45) is 0 Å². The lowest BCUT2D eigenvalue weighted by Crippen LogP contribution is -1.96. The van der Waals surface area contributed by atoms with Crippen LogP contribution in [0, 0.1) is 11.7 Å². The first kappa shape index (κ1) is 14.6. The molecule has 0 atom stereocenters. The van der Waals surface area contributed by atoms with Crippen LogP contribution in [0.15, 0.2) is 34.8 Å². The molecule has 0 aliphatic heterocycles. The van der Waals surface area contributed by atoms with Gasteiger partial charge in [0.05, 0.1) is 23.8 Å². The number of nitrogens with one attached hydrogen (secondary N) is 1. The molecule has 1 heterocycles. The van der Waals surface area contributed by atoms with Gasteiger partial charge in [-0.25, -0.2) is 0 Å². The molecule has 0 saturated carbocycles. The Bertz CT molecular complexity index is 901. The van der Waals surface area contributed by atoms with Crippen molar-refractivity contribution in [1.29, 1.82) is 0 Å². The van der Waals surface area contributed by atoms with Crippen LogP contribution in [0.5, 0.6) is 5.75 Å². The highest BCUT2D eigenvalue weighted by Crippen LogP contribution is 2.31. The zero-order valence-corrected chi connectivity index (χ0v) is 14.6. The molecular weight excluding hydrogens is 372 g/mol. The third kappa shape index (κ3) is 2.50. The van der Waals surface area contributed by atoms with Crippen LogP contribution in [-0.2, 0) is 0 Å². The molecule has 0 unspecified atom stereocenters. The van der Waals surface area contributed by atoms with Crippen molar-refractivity contribution in [3.05, 3.63) is 50.2 Å². The summed E-state index contributed by atoms with van der Waals surface area (Å²) in [6, 6.07) is 9.68. The van der Waals surface area contributed by atoms with Gasteiger partial charge in [0.15, 0.2) is 4.77 Å². The normalized spacial score (nSPS) is 11.0. The van der Waals surface area contributed by atoms with Crippen LogP contribution in [-0.4, -0.2) is 16.7 Å². The zero-order valence-electron chi connectivity index (χ0n) is 11.4. The SMILES string of the molecule is COc1ccc2[nH]c(=S)n(-c3cc(Cl)c(C)cc3Br)c2c1. The fourth-order valence-corrected chi connectivity index (χ4v) is 3.36. The summed E-state index contributed by atoms with van der Waals surface area (Å²) < 4.78 is 8.79. The number of rotatable bonds is 2. The number of ether oxygens (including phenoxy) is 1. The Kier molecular flexibility index (Phi) is 3.82. The largest absolute Gasteiger partial charge is 0.497 e. The fraction of sp³-hybridized carbons (Fsp3) is 0.133. The minimum Gasteiger partial charge on any atom is -0.497 e. The summed E-state index contributed by atoms with van der Waals surface area (Å²) in [7, 11) is 1.64. The fourth-order valence-electron chi connectivity index (χ4n) is 2.26. The summed E-state index contributed by atoms with van der Waals surface area (Å²) in [4.78, 5) is 3.20. The second-order valence-corrected chi connectivity index (χ2v) is 6.35. The van der Waals surface area contributed by atoms with Gasteiger partial charge in [-0.1, -0.05) is 11.6 Å². The first-order chi connectivity index (χ1) is 10.0. The van der Waals surface area contributed by atoms with E-state index in [1.165, 1.54) is 0 Å². The number of aromatic amines is 1. The predicted octanol–water partition coefficient (Wildman–Crippen LogP) is 5.42. The van der Waals surface area contributed by atoms with E-state index in [0.29, 0.717) is 9.79 Å². The smallest absolute Gasteiger partial charge is 0.182 e. The van der Waals surface area contributed by atoms with Crippen molar-refractivity contribution in [3.8, 4) is 11.4 Å². The lowest BCUT2D eigenvalue weighted by molar-refractivity contribution is 0.415. The molecule has 0 amide bonds. The number of imidazole rings is 1. The number of fused-ring (bicyclic) bond motifs is 1. The highest BCUT2D eigenvalue weighted by Gasteiger charge is 2.12. The van der Waals surface area contributed by atoms with Crippen LogP contribution < -0.4 is 4.74 Å². The van der Waals surface area contributed by atoms with E-state index in [1.54, 1.807) is 7.11 Å². The van der Waals surface area contributed by atoms with Gasteiger partial charge in [-0.2, -0.15) is 0 Å². The van der Waals surface area contributed by atoms with Crippen molar-refractivity contribution < 1.29 is 4.74 Å². The Morgan fingerprint density at radius 1 is 1.29 bits per heavy atom. The van der Waals surface area contributed by atoms with Crippen molar-refractivity contribution in [2.45, 2.75) is 6.92 Å². The summed E-state index contributed by atoms with van der Waals surface area (Å²) in [5.41, 5.74) is 3.80. The number of halogens is 2. The van der Waals surface area contributed by atoms with Gasteiger partial charge in [-0.3, -0.25) is 4.57 Å². The Morgan fingerprint density at radius 2 is 2.05 bits per heavy atom. The molecule has 3 nitrogen and oxygen atoms in total. The van der Waals surface area contributed by atoms with Crippen LogP contribution >= 0.6 is 39.7 Å².